The molecule has 0 fully saturated rings. The van der Waals surface area contributed by atoms with E-state index in [-0.39, 0.29) is 15.7 Å². The van der Waals surface area contributed by atoms with Crippen LogP contribution in [0.4, 0.5) is 18.9 Å². The zero-order valence-corrected chi connectivity index (χ0v) is 11.0. The maximum atomic E-state index is 12.4. The number of alkyl halides is 3. The van der Waals surface area contributed by atoms with E-state index in [9.17, 15) is 18.0 Å². The van der Waals surface area contributed by atoms with Crippen LogP contribution in [0.1, 0.15) is 5.56 Å². The predicted octanol–water partition coefficient (Wildman–Crippen LogP) is 2.77. The molecule has 8 heteroatoms. The molecule has 0 radical (unpaired) electrons. The molecule has 0 unspecified atom stereocenters. The van der Waals surface area contributed by atoms with Gasteiger partial charge in [0.2, 0.25) is 0 Å². The van der Waals surface area contributed by atoms with Crippen LogP contribution < -0.4 is 4.90 Å². The SMILES string of the molecule is N#Cc1ccc(N(CC(=O)O)CC(F)(F)F)c(Br)c1. The Kier molecular flexibility index (Phi) is 4.78. The Morgan fingerprint density at radius 1 is 1.47 bits per heavy atom. The van der Waals surface area contributed by atoms with Gasteiger partial charge in [-0.1, -0.05) is 0 Å². The van der Waals surface area contributed by atoms with Gasteiger partial charge in [-0.15, -0.1) is 0 Å². The summed E-state index contributed by atoms with van der Waals surface area (Å²) in [6.45, 7) is -2.17. The number of hydrogen-bond donors (Lipinski definition) is 1. The second-order valence-corrected chi connectivity index (χ2v) is 4.50. The maximum absolute atomic E-state index is 12.4. The molecule has 0 atom stereocenters. The van der Waals surface area contributed by atoms with Crippen LogP contribution in [0.15, 0.2) is 22.7 Å². The lowest BCUT2D eigenvalue weighted by molar-refractivity contribution is -0.136. The molecule has 0 saturated heterocycles. The van der Waals surface area contributed by atoms with Crippen molar-refractivity contribution in [3.8, 4) is 6.07 Å². The van der Waals surface area contributed by atoms with E-state index in [4.69, 9.17) is 10.4 Å². The van der Waals surface area contributed by atoms with Crippen molar-refractivity contribution in [3.63, 3.8) is 0 Å². The summed E-state index contributed by atoms with van der Waals surface area (Å²) in [4.78, 5) is 11.3. The molecule has 1 N–H and O–H groups in total. The second-order valence-electron chi connectivity index (χ2n) is 3.64. The van der Waals surface area contributed by atoms with Gasteiger partial charge < -0.3 is 10.0 Å². The van der Waals surface area contributed by atoms with E-state index in [2.05, 4.69) is 15.9 Å². The molecule has 0 bridgehead atoms. The van der Waals surface area contributed by atoms with E-state index in [1.165, 1.54) is 18.2 Å². The first kappa shape index (κ1) is 15.3. The number of carboxylic acids is 1. The summed E-state index contributed by atoms with van der Waals surface area (Å²) in [7, 11) is 0. The number of carboxylic acid groups (broad SMARTS) is 1. The molecule has 0 spiro atoms. The average molecular weight is 337 g/mol. The lowest BCUT2D eigenvalue weighted by atomic mass is 10.2. The van der Waals surface area contributed by atoms with Gasteiger partial charge in [-0.05, 0) is 34.1 Å². The number of hydrogen-bond acceptors (Lipinski definition) is 3. The van der Waals surface area contributed by atoms with Crippen molar-refractivity contribution in [1.82, 2.24) is 0 Å². The zero-order valence-electron chi connectivity index (χ0n) is 9.41. The molecule has 1 aromatic rings. The largest absolute Gasteiger partial charge is 0.480 e. The number of carbonyl (C=O) groups is 1. The van der Waals surface area contributed by atoms with Gasteiger partial charge in [-0.2, -0.15) is 18.4 Å². The van der Waals surface area contributed by atoms with Crippen LogP contribution in [0.25, 0.3) is 0 Å². The van der Waals surface area contributed by atoms with Crippen molar-refractivity contribution >= 4 is 27.6 Å². The maximum Gasteiger partial charge on any atom is 0.405 e. The first-order valence-electron chi connectivity index (χ1n) is 4.96. The van der Waals surface area contributed by atoms with E-state index >= 15 is 0 Å². The monoisotopic (exact) mass is 336 g/mol. The number of anilines is 1. The molecular weight excluding hydrogens is 329 g/mol. The lowest BCUT2D eigenvalue weighted by Gasteiger charge is -2.25. The van der Waals surface area contributed by atoms with Crippen molar-refractivity contribution in [2.75, 3.05) is 18.0 Å². The normalized spacial score (nSPS) is 10.9. The molecule has 1 aromatic carbocycles. The average Bonchev–Trinajstić information content (AvgIpc) is 2.25. The molecular formula is C11H8BrF3N2O2. The van der Waals surface area contributed by atoms with Gasteiger partial charge in [0.25, 0.3) is 0 Å². The molecule has 4 nitrogen and oxygen atoms in total. The van der Waals surface area contributed by atoms with E-state index in [1.807, 2.05) is 6.07 Å². The third-order valence-electron chi connectivity index (χ3n) is 2.11. The first-order valence-corrected chi connectivity index (χ1v) is 5.75. The fourth-order valence-corrected chi connectivity index (χ4v) is 2.07. The molecule has 19 heavy (non-hydrogen) atoms. The van der Waals surface area contributed by atoms with E-state index in [0.29, 0.717) is 4.90 Å². The molecule has 0 aromatic heterocycles. The number of aliphatic carboxylic acids is 1. The second kappa shape index (κ2) is 5.93. The third-order valence-corrected chi connectivity index (χ3v) is 2.75. The summed E-state index contributed by atoms with van der Waals surface area (Å²) in [6.07, 6.45) is -4.53. The molecule has 0 aliphatic heterocycles. The molecule has 0 amide bonds. The van der Waals surface area contributed by atoms with Crippen LogP contribution in [0, 0.1) is 11.3 Å². The van der Waals surface area contributed by atoms with E-state index < -0.39 is 25.2 Å². The van der Waals surface area contributed by atoms with Crippen molar-refractivity contribution < 1.29 is 23.1 Å². The summed E-state index contributed by atoms with van der Waals surface area (Å²) in [5, 5.41) is 17.3. The van der Waals surface area contributed by atoms with Gasteiger partial charge in [0.1, 0.15) is 13.1 Å². The van der Waals surface area contributed by atoms with Crippen LogP contribution in [0.3, 0.4) is 0 Å². The van der Waals surface area contributed by atoms with Crippen molar-refractivity contribution in [2.45, 2.75) is 6.18 Å². The number of rotatable bonds is 4. The molecule has 0 aliphatic rings. The molecule has 0 aliphatic carbocycles. The summed E-state index contributed by atoms with van der Waals surface area (Å²) < 4.78 is 37.5. The van der Waals surface area contributed by atoms with Crippen LogP contribution in [0.2, 0.25) is 0 Å². The third kappa shape index (κ3) is 4.79. The van der Waals surface area contributed by atoms with E-state index in [1.54, 1.807) is 0 Å². The highest BCUT2D eigenvalue weighted by Gasteiger charge is 2.32. The quantitative estimate of drug-likeness (QED) is 0.918. The van der Waals surface area contributed by atoms with Crippen molar-refractivity contribution in [3.05, 3.63) is 28.2 Å². The summed E-state index contributed by atoms with van der Waals surface area (Å²) in [6, 6.07) is 5.77. The highest BCUT2D eigenvalue weighted by molar-refractivity contribution is 9.10. The fourth-order valence-electron chi connectivity index (χ4n) is 1.44. The topological polar surface area (TPSA) is 64.3 Å². The molecule has 1 rings (SSSR count). The number of halogens is 4. The van der Waals surface area contributed by atoms with Crippen molar-refractivity contribution in [1.29, 1.82) is 5.26 Å². The first-order chi connectivity index (χ1) is 8.73. The Labute approximate surface area is 115 Å². The van der Waals surface area contributed by atoms with Gasteiger partial charge in [0, 0.05) is 4.47 Å². The van der Waals surface area contributed by atoms with Crippen LogP contribution in [0.5, 0.6) is 0 Å². The van der Waals surface area contributed by atoms with Gasteiger partial charge in [0.05, 0.1) is 17.3 Å². The van der Waals surface area contributed by atoms with Gasteiger partial charge in [-0.3, -0.25) is 4.79 Å². The predicted molar refractivity (Wildman–Crippen MR) is 64.8 cm³/mol. The summed E-state index contributed by atoms with van der Waals surface area (Å²) in [5.41, 5.74) is 0.330. The number of benzene rings is 1. The van der Waals surface area contributed by atoms with Gasteiger partial charge in [-0.25, -0.2) is 0 Å². The summed E-state index contributed by atoms with van der Waals surface area (Å²) >= 11 is 3.03. The zero-order chi connectivity index (χ0) is 14.6. The number of nitrogens with zero attached hydrogens (tertiary/aromatic N) is 2. The van der Waals surface area contributed by atoms with Crippen LogP contribution in [-0.2, 0) is 4.79 Å². The van der Waals surface area contributed by atoms with Crippen molar-refractivity contribution in [2.24, 2.45) is 0 Å². The minimum absolute atomic E-state index is 0.0683. The molecule has 0 heterocycles. The van der Waals surface area contributed by atoms with Crippen LogP contribution >= 0.6 is 15.9 Å². The lowest BCUT2D eigenvalue weighted by Crippen LogP contribution is -2.38. The number of nitriles is 1. The van der Waals surface area contributed by atoms with Gasteiger partial charge in [0.15, 0.2) is 0 Å². The minimum Gasteiger partial charge on any atom is -0.480 e. The fraction of sp³-hybridized carbons (Fsp3) is 0.273. The Morgan fingerprint density at radius 3 is 2.53 bits per heavy atom. The smallest absolute Gasteiger partial charge is 0.405 e. The Bertz CT molecular complexity index is 526. The molecule has 102 valence electrons. The summed E-state index contributed by atoms with van der Waals surface area (Å²) in [5.74, 6) is -1.37. The highest BCUT2D eigenvalue weighted by atomic mass is 79.9. The van der Waals surface area contributed by atoms with Crippen LogP contribution in [-0.4, -0.2) is 30.3 Å². The standard InChI is InChI=1S/C11H8BrF3N2O2/c12-8-3-7(4-16)1-2-9(8)17(5-10(18)19)6-11(13,14)15/h1-3H,5-6H2,(H,18,19). The minimum atomic E-state index is -4.53. The Morgan fingerprint density at radius 2 is 2.11 bits per heavy atom. The molecule has 0 saturated carbocycles. The van der Waals surface area contributed by atoms with E-state index in [0.717, 1.165) is 0 Å². The highest BCUT2D eigenvalue weighted by Crippen LogP contribution is 2.29. The van der Waals surface area contributed by atoms with Gasteiger partial charge >= 0.3 is 12.1 Å². The Hall–Kier alpha value is -1.75. The Balaban J connectivity index is 3.10.